The highest BCUT2D eigenvalue weighted by atomic mass is 35.5. The molecule has 1 N–H and O–H groups in total. The van der Waals surface area contributed by atoms with Crippen molar-refractivity contribution in [3.8, 4) is 11.4 Å². The molecule has 1 heterocycles. The third kappa shape index (κ3) is 4.13. The number of hydrogen-bond acceptors (Lipinski definition) is 5. The number of amides is 1. The molecule has 128 valence electrons. The molecule has 3 rings (SSSR count). The minimum atomic E-state index is -0.242. The van der Waals surface area contributed by atoms with Gasteiger partial charge < -0.3 is 10.1 Å². The van der Waals surface area contributed by atoms with E-state index in [4.69, 9.17) is 16.3 Å². The Morgan fingerprint density at radius 2 is 2.04 bits per heavy atom. The summed E-state index contributed by atoms with van der Waals surface area (Å²) in [4.78, 5) is 12.4. The van der Waals surface area contributed by atoms with Gasteiger partial charge in [0.25, 0.3) is 5.91 Å². The van der Waals surface area contributed by atoms with Gasteiger partial charge in [0.05, 0.1) is 23.4 Å². The molecule has 8 heteroatoms. The average molecular weight is 358 g/mol. The molecule has 0 fully saturated rings. The molecule has 0 aliphatic carbocycles. The lowest BCUT2D eigenvalue weighted by Gasteiger charge is -2.09. The number of carbonyl (C=O) groups is 1. The Bertz CT molecular complexity index is 850. The highest BCUT2D eigenvalue weighted by Crippen LogP contribution is 2.19. The van der Waals surface area contributed by atoms with E-state index in [2.05, 4.69) is 20.8 Å². The first-order valence-corrected chi connectivity index (χ1v) is 7.99. The summed E-state index contributed by atoms with van der Waals surface area (Å²) < 4.78 is 6.59. The highest BCUT2D eigenvalue weighted by Gasteiger charge is 2.12. The van der Waals surface area contributed by atoms with E-state index in [1.807, 2.05) is 24.3 Å². The van der Waals surface area contributed by atoms with Crippen molar-refractivity contribution in [3.05, 3.63) is 64.9 Å². The lowest BCUT2D eigenvalue weighted by atomic mass is 10.1. The quantitative estimate of drug-likeness (QED) is 0.732. The summed E-state index contributed by atoms with van der Waals surface area (Å²) in [5.41, 5.74) is 2.15. The highest BCUT2D eigenvalue weighted by molar-refractivity contribution is 6.33. The molecule has 0 spiro atoms. The fourth-order valence-electron chi connectivity index (χ4n) is 2.32. The van der Waals surface area contributed by atoms with Crippen LogP contribution in [0, 0.1) is 0 Å². The van der Waals surface area contributed by atoms with E-state index in [1.54, 1.807) is 25.3 Å². The van der Waals surface area contributed by atoms with Crippen molar-refractivity contribution in [2.24, 2.45) is 0 Å². The van der Waals surface area contributed by atoms with Gasteiger partial charge >= 0.3 is 0 Å². The van der Waals surface area contributed by atoms with Crippen LogP contribution >= 0.6 is 11.6 Å². The standard InChI is InChI=1S/C17H16ClN5O2/c1-25-14-5-2-12(3-6-14)8-9-19-17(24)15-10-13(4-7-16(15)18)23-11-20-21-22-23/h2-7,10-11H,8-9H2,1H3,(H,19,24). The zero-order valence-electron chi connectivity index (χ0n) is 13.5. The van der Waals surface area contributed by atoms with Crippen LogP contribution in [0.2, 0.25) is 5.02 Å². The Morgan fingerprint density at radius 3 is 2.72 bits per heavy atom. The third-order valence-corrected chi connectivity index (χ3v) is 4.00. The number of rotatable bonds is 6. The van der Waals surface area contributed by atoms with Gasteiger partial charge in [-0.2, -0.15) is 0 Å². The minimum Gasteiger partial charge on any atom is -0.497 e. The average Bonchev–Trinajstić information content (AvgIpc) is 3.17. The second-order valence-electron chi connectivity index (χ2n) is 5.27. The number of halogens is 1. The molecule has 0 aliphatic heterocycles. The summed E-state index contributed by atoms with van der Waals surface area (Å²) in [6.45, 7) is 0.497. The van der Waals surface area contributed by atoms with Crippen molar-refractivity contribution in [1.82, 2.24) is 25.5 Å². The normalized spacial score (nSPS) is 10.5. The Labute approximate surface area is 149 Å². The maximum absolute atomic E-state index is 12.4. The van der Waals surface area contributed by atoms with Crippen LogP contribution < -0.4 is 10.1 Å². The molecule has 3 aromatic rings. The second-order valence-corrected chi connectivity index (χ2v) is 5.68. The van der Waals surface area contributed by atoms with E-state index in [-0.39, 0.29) is 5.91 Å². The third-order valence-electron chi connectivity index (χ3n) is 3.67. The van der Waals surface area contributed by atoms with Gasteiger partial charge in [0.2, 0.25) is 0 Å². The van der Waals surface area contributed by atoms with Crippen LogP contribution in [0.25, 0.3) is 5.69 Å². The number of ether oxygens (including phenoxy) is 1. The molecule has 0 aliphatic rings. The maximum Gasteiger partial charge on any atom is 0.252 e. The molecular formula is C17H16ClN5O2. The van der Waals surface area contributed by atoms with Crippen molar-refractivity contribution in [1.29, 1.82) is 0 Å². The number of nitrogens with zero attached hydrogens (tertiary/aromatic N) is 4. The van der Waals surface area contributed by atoms with Crippen molar-refractivity contribution >= 4 is 17.5 Å². The Balaban J connectivity index is 1.63. The van der Waals surface area contributed by atoms with Gasteiger partial charge in [0, 0.05) is 6.54 Å². The molecule has 0 saturated heterocycles. The van der Waals surface area contributed by atoms with E-state index in [9.17, 15) is 4.79 Å². The molecule has 1 aromatic heterocycles. The van der Waals surface area contributed by atoms with E-state index < -0.39 is 0 Å². The summed E-state index contributed by atoms with van der Waals surface area (Å²) in [5.74, 6) is 0.562. The molecule has 1 amide bonds. The fraction of sp³-hybridized carbons (Fsp3) is 0.176. The zero-order valence-corrected chi connectivity index (χ0v) is 14.3. The lowest BCUT2D eigenvalue weighted by molar-refractivity contribution is 0.0954. The first kappa shape index (κ1) is 16.9. The maximum atomic E-state index is 12.4. The molecule has 2 aromatic carbocycles. The van der Waals surface area contributed by atoms with Crippen molar-refractivity contribution < 1.29 is 9.53 Å². The van der Waals surface area contributed by atoms with E-state index in [0.717, 1.165) is 11.3 Å². The number of hydrogen-bond donors (Lipinski definition) is 1. The number of methoxy groups -OCH3 is 1. The molecule has 0 bridgehead atoms. The van der Waals surface area contributed by atoms with Crippen LogP contribution in [0.4, 0.5) is 0 Å². The molecular weight excluding hydrogens is 342 g/mol. The molecule has 0 unspecified atom stereocenters. The number of benzene rings is 2. The first-order valence-electron chi connectivity index (χ1n) is 7.61. The van der Waals surface area contributed by atoms with E-state index in [1.165, 1.54) is 11.0 Å². The number of tetrazole rings is 1. The van der Waals surface area contributed by atoms with Crippen molar-refractivity contribution in [2.45, 2.75) is 6.42 Å². The summed E-state index contributed by atoms with van der Waals surface area (Å²) in [7, 11) is 1.63. The monoisotopic (exact) mass is 357 g/mol. The Hall–Kier alpha value is -2.93. The van der Waals surface area contributed by atoms with Crippen LogP contribution in [0.5, 0.6) is 5.75 Å². The smallest absolute Gasteiger partial charge is 0.252 e. The topological polar surface area (TPSA) is 81.9 Å². The van der Waals surface area contributed by atoms with Gasteiger partial charge in [-0.25, -0.2) is 4.68 Å². The number of nitrogens with one attached hydrogen (secondary N) is 1. The molecule has 0 radical (unpaired) electrons. The SMILES string of the molecule is COc1ccc(CCNC(=O)c2cc(-n3cnnn3)ccc2Cl)cc1. The van der Waals surface area contributed by atoms with Crippen molar-refractivity contribution in [2.75, 3.05) is 13.7 Å². The number of aromatic nitrogens is 4. The largest absolute Gasteiger partial charge is 0.497 e. The van der Waals surface area contributed by atoms with Crippen LogP contribution in [-0.2, 0) is 6.42 Å². The Kier molecular flexibility index (Phi) is 5.25. The van der Waals surface area contributed by atoms with Gasteiger partial charge in [-0.15, -0.1) is 5.10 Å². The predicted octanol–water partition coefficient (Wildman–Crippen LogP) is 2.30. The van der Waals surface area contributed by atoms with Crippen LogP contribution in [0.1, 0.15) is 15.9 Å². The van der Waals surface area contributed by atoms with Gasteiger partial charge in [0.15, 0.2) is 0 Å². The lowest BCUT2D eigenvalue weighted by Crippen LogP contribution is -2.26. The van der Waals surface area contributed by atoms with Gasteiger partial charge in [-0.1, -0.05) is 23.7 Å². The predicted molar refractivity (Wildman–Crippen MR) is 93.2 cm³/mol. The minimum absolute atomic E-state index is 0.242. The summed E-state index contributed by atoms with van der Waals surface area (Å²) in [5, 5.41) is 14.2. The van der Waals surface area contributed by atoms with Crippen LogP contribution in [0.3, 0.4) is 0 Å². The van der Waals surface area contributed by atoms with Gasteiger partial charge in [0.1, 0.15) is 12.1 Å². The van der Waals surface area contributed by atoms with Crippen LogP contribution in [-0.4, -0.2) is 39.8 Å². The zero-order chi connectivity index (χ0) is 17.6. The summed E-state index contributed by atoms with van der Waals surface area (Å²) in [6, 6.07) is 12.8. The Morgan fingerprint density at radius 1 is 1.24 bits per heavy atom. The molecule has 25 heavy (non-hydrogen) atoms. The summed E-state index contributed by atoms with van der Waals surface area (Å²) >= 11 is 6.15. The van der Waals surface area contributed by atoms with Crippen LogP contribution in [0.15, 0.2) is 48.8 Å². The van der Waals surface area contributed by atoms with E-state index >= 15 is 0 Å². The van der Waals surface area contributed by atoms with Crippen molar-refractivity contribution in [3.63, 3.8) is 0 Å². The van der Waals surface area contributed by atoms with E-state index in [0.29, 0.717) is 29.2 Å². The van der Waals surface area contributed by atoms with Gasteiger partial charge in [-0.3, -0.25) is 4.79 Å². The molecule has 0 atom stereocenters. The fourth-order valence-corrected chi connectivity index (χ4v) is 2.52. The molecule has 7 nitrogen and oxygen atoms in total. The summed E-state index contributed by atoms with van der Waals surface area (Å²) in [6.07, 6.45) is 2.16. The van der Waals surface area contributed by atoms with Gasteiger partial charge in [-0.05, 0) is 52.7 Å². The first-order chi connectivity index (χ1) is 12.2. The number of carbonyl (C=O) groups excluding carboxylic acids is 1. The molecule has 0 saturated carbocycles. The second kappa shape index (κ2) is 7.76.